The Balaban J connectivity index is 1.82. The normalized spacial score (nSPS) is 13.0. The molecule has 0 saturated carbocycles. The van der Waals surface area contributed by atoms with Crippen molar-refractivity contribution >= 4 is 28.4 Å². The molecule has 4 rings (SSSR count). The number of nitrogens with zero attached hydrogens (tertiary/aromatic N) is 2. The number of carbonyl (C=O) groups excluding carboxylic acids is 1. The smallest absolute Gasteiger partial charge is 0.357 e. The quantitative estimate of drug-likeness (QED) is 0.348. The Morgan fingerprint density at radius 3 is 2.54 bits per heavy atom. The van der Waals surface area contributed by atoms with Gasteiger partial charge in [-0.3, -0.25) is 0 Å². The molecule has 2 aromatic carbocycles. The molecule has 1 aromatic heterocycles. The van der Waals surface area contributed by atoms with Crippen molar-refractivity contribution < 1.29 is 28.0 Å². The van der Waals surface area contributed by atoms with Crippen molar-refractivity contribution in [2.45, 2.75) is 49.6 Å². The van der Waals surface area contributed by atoms with E-state index >= 15 is 0 Å². The van der Waals surface area contributed by atoms with Crippen LogP contribution in [0, 0.1) is 0 Å². The summed E-state index contributed by atoms with van der Waals surface area (Å²) in [5, 5.41) is 0.633. The standard InChI is InChI=1S/C25H27ClN2O6S/c1-4-6-7-22-27-24(35(30)18-10-8-17(31-3)9-11-18)23(25(29)32-5-2)28(22)14-16-12-20-21(13-19(16)26)34-15-33-20/h8-13H,4-7,14-15H2,1-3H3. The third-order valence-electron chi connectivity index (χ3n) is 5.56. The molecule has 1 aliphatic rings. The highest BCUT2D eigenvalue weighted by atomic mass is 35.5. The Kier molecular flexibility index (Phi) is 7.97. The molecule has 1 atom stereocenters. The maximum atomic E-state index is 13.6. The van der Waals surface area contributed by atoms with Crippen LogP contribution < -0.4 is 14.2 Å². The summed E-state index contributed by atoms with van der Waals surface area (Å²) in [6, 6.07) is 10.3. The predicted molar refractivity (Wildman–Crippen MR) is 131 cm³/mol. The first-order valence-corrected chi connectivity index (χ1v) is 12.9. The molecule has 0 fully saturated rings. The number of aryl methyl sites for hydroxylation is 1. The van der Waals surface area contributed by atoms with Crippen LogP contribution in [0.4, 0.5) is 0 Å². The van der Waals surface area contributed by atoms with E-state index in [-0.39, 0.29) is 30.7 Å². The van der Waals surface area contributed by atoms with Gasteiger partial charge in [-0.25, -0.2) is 14.0 Å². The third kappa shape index (κ3) is 5.31. The zero-order chi connectivity index (χ0) is 24.9. The molecule has 0 aliphatic carbocycles. The number of fused-ring (bicyclic) bond motifs is 1. The fraction of sp³-hybridized carbons (Fsp3) is 0.360. The molecule has 8 nitrogen and oxygen atoms in total. The van der Waals surface area contributed by atoms with Crippen molar-refractivity contribution in [2.75, 3.05) is 20.5 Å². The summed E-state index contributed by atoms with van der Waals surface area (Å²) in [5.74, 6) is 1.85. The van der Waals surface area contributed by atoms with E-state index in [0.717, 1.165) is 18.4 Å². The topological polar surface area (TPSA) is 88.9 Å². The van der Waals surface area contributed by atoms with Gasteiger partial charge in [0, 0.05) is 22.4 Å². The van der Waals surface area contributed by atoms with Crippen LogP contribution in [0.25, 0.3) is 0 Å². The Bertz CT molecular complexity index is 1240. The highest BCUT2D eigenvalue weighted by Gasteiger charge is 2.29. The largest absolute Gasteiger partial charge is 0.497 e. The summed E-state index contributed by atoms with van der Waals surface area (Å²) in [7, 11) is -0.154. The molecular weight excluding hydrogens is 492 g/mol. The number of benzene rings is 2. The first-order valence-electron chi connectivity index (χ1n) is 11.4. The second-order valence-corrected chi connectivity index (χ2v) is 9.64. The average molecular weight is 519 g/mol. The summed E-state index contributed by atoms with van der Waals surface area (Å²) in [6.45, 7) is 4.33. The first kappa shape index (κ1) is 25.1. The summed E-state index contributed by atoms with van der Waals surface area (Å²) >= 11 is 6.54. The molecule has 1 unspecified atom stereocenters. The second-order valence-electron chi connectivity index (χ2n) is 7.83. The second kappa shape index (κ2) is 11.1. The summed E-state index contributed by atoms with van der Waals surface area (Å²) in [4.78, 5) is 18.4. The van der Waals surface area contributed by atoms with Gasteiger partial charge in [-0.05, 0) is 49.2 Å². The number of hydrogen-bond acceptors (Lipinski definition) is 7. The van der Waals surface area contributed by atoms with Crippen molar-refractivity contribution in [3.63, 3.8) is 0 Å². The monoisotopic (exact) mass is 518 g/mol. The van der Waals surface area contributed by atoms with E-state index < -0.39 is 16.8 Å². The van der Waals surface area contributed by atoms with Gasteiger partial charge in [-0.2, -0.15) is 0 Å². The minimum atomic E-state index is -1.72. The molecule has 0 amide bonds. The number of halogens is 1. The van der Waals surface area contributed by atoms with Gasteiger partial charge in [0.05, 0.1) is 20.3 Å². The molecule has 0 N–H and O–H groups in total. The van der Waals surface area contributed by atoms with E-state index in [1.165, 1.54) is 0 Å². The van der Waals surface area contributed by atoms with Crippen molar-refractivity contribution in [1.29, 1.82) is 0 Å². The van der Waals surface area contributed by atoms with E-state index in [1.54, 1.807) is 55.0 Å². The summed E-state index contributed by atoms with van der Waals surface area (Å²) in [6.07, 6.45) is 2.39. The lowest BCUT2D eigenvalue weighted by Crippen LogP contribution is -2.17. The summed E-state index contributed by atoms with van der Waals surface area (Å²) in [5.41, 5.74) is 0.874. The molecular formula is C25H27ClN2O6S. The van der Waals surface area contributed by atoms with Crippen LogP contribution in [-0.2, 0) is 28.5 Å². The molecule has 10 heteroatoms. The Labute approximate surface area is 211 Å². The lowest BCUT2D eigenvalue weighted by atomic mass is 10.2. The third-order valence-corrected chi connectivity index (χ3v) is 7.24. The zero-order valence-corrected chi connectivity index (χ0v) is 21.4. The number of esters is 1. The SMILES string of the molecule is CCCCc1nc(S(=O)c2ccc(OC)cc2)c(C(=O)OCC)n1Cc1cc2c(cc1Cl)OCO2. The predicted octanol–water partition coefficient (Wildman–Crippen LogP) is 5.01. The molecule has 0 spiro atoms. The molecule has 0 bridgehead atoms. The van der Waals surface area contributed by atoms with Gasteiger partial charge in [-0.1, -0.05) is 24.9 Å². The molecule has 35 heavy (non-hydrogen) atoms. The van der Waals surface area contributed by atoms with Gasteiger partial charge in [0.2, 0.25) is 6.79 Å². The van der Waals surface area contributed by atoms with Gasteiger partial charge < -0.3 is 23.5 Å². The number of ether oxygens (including phenoxy) is 4. The number of imidazole rings is 1. The van der Waals surface area contributed by atoms with E-state index in [0.29, 0.717) is 39.4 Å². The average Bonchev–Trinajstić information content (AvgIpc) is 3.46. The van der Waals surface area contributed by atoms with Gasteiger partial charge in [0.25, 0.3) is 0 Å². The Morgan fingerprint density at radius 1 is 1.17 bits per heavy atom. The van der Waals surface area contributed by atoms with E-state index in [1.807, 2.05) is 0 Å². The first-order chi connectivity index (χ1) is 17.0. The molecule has 2 heterocycles. The number of rotatable bonds is 10. The van der Waals surface area contributed by atoms with Crippen LogP contribution in [0.5, 0.6) is 17.2 Å². The highest BCUT2D eigenvalue weighted by Crippen LogP contribution is 2.37. The number of hydrogen-bond donors (Lipinski definition) is 0. The lowest BCUT2D eigenvalue weighted by Gasteiger charge is -2.14. The number of methoxy groups -OCH3 is 1. The molecule has 1 aliphatic heterocycles. The van der Waals surface area contributed by atoms with Gasteiger partial charge >= 0.3 is 5.97 Å². The van der Waals surface area contributed by atoms with Crippen molar-refractivity contribution in [3.8, 4) is 17.2 Å². The Hall–Kier alpha value is -3.04. The van der Waals surface area contributed by atoms with Crippen LogP contribution in [-0.4, -0.2) is 40.2 Å². The molecule has 3 aromatic rings. The fourth-order valence-corrected chi connectivity index (χ4v) is 5.14. The van der Waals surface area contributed by atoms with Gasteiger partial charge in [0.1, 0.15) is 22.4 Å². The van der Waals surface area contributed by atoms with E-state index in [4.69, 9.17) is 35.5 Å². The zero-order valence-electron chi connectivity index (χ0n) is 19.8. The number of aromatic nitrogens is 2. The minimum Gasteiger partial charge on any atom is -0.497 e. The molecule has 186 valence electrons. The van der Waals surface area contributed by atoms with Crippen molar-refractivity contribution in [1.82, 2.24) is 9.55 Å². The molecule has 0 radical (unpaired) electrons. The van der Waals surface area contributed by atoms with Crippen LogP contribution in [0.3, 0.4) is 0 Å². The fourth-order valence-electron chi connectivity index (χ4n) is 3.76. The van der Waals surface area contributed by atoms with Crippen molar-refractivity contribution in [3.05, 3.63) is 58.5 Å². The van der Waals surface area contributed by atoms with Crippen LogP contribution in [0.2, 0.25) is 5.02 Å². The van der Waals surface area contributed by atoms with E-state index in [9.17, 15) is 9.00 Å². The van der Waals surface area contributed by atoms with Crippen molar-refractivity contribution in [2.24, 2.45) is 0 Å². The maximum absolute atomic E-state index is 13.6. The Morgan fingerprint density at radius 2 is 1.89 bits per heavy atom. The van der Waals surface area contributed by atoms with Crippen LogP contribution in [0.15, 0.2) is 46.3 Å². The van der Waals surface area contributed by atoms with Gasteiger partial charge in [-0.15, -0.1) is 0 Å². The highest BCUT2D eigenvalue weighted by molar-refractivity contribution is 7.85. The van der Waals surface area contributed by atoms with Crippen LogP contribution in [0.1, 0.15) is 48.6 Å². The van der Waals surface area contributed by atoms with Crippen LogP contribution >= 0.6 is 11.6 Å². The lowest BCUT2D eigenvalue weighted by molar-refractivity contribution is 0.0509. The number of unbranched alkanes of at least 4 members (excludes halogenated alkanes) is 1. The van der Waals surface area contributed by atoms with Gasteiger partial charge in [0.15, 0.2) is 22.2 Å². The summed E-state index contributed by atoms with van der Waals surface area (Å²) < 4.78 is 36.8. The number of carbonyl (C=O) groups is 1. The van der Waals surface area contributed by atoms with E-state index in [2.05, 4.69) is 6.92 Å². The minimum absolute atomic E-state index is 0.126. The maximum Gasteiger partial charge on any atom is 0.357 e. The molecule has 0 saturated heterocycles.